The van der Waals surface area contributed by atoms with Crippen molar-refractivity contribution in [3.63, 3.8) is 0 Å². The van der Waals surface area contributed by atoms with Crippen LogP contribution in [-0.4, -0.2) is 13.7 Å². The molecule has 0 spiro atoms. The third-order valence-electron chi connectivity index (χ3n) is 3.22. The Bertz CT molecular complexity index is 311. The van der Waals surface area contributed by atoms with E-state index in [2.05, 4.69) is 26.0 Å². The number of rotatable bonds is 6. The second-order valence-electron chi connectivity index (χ2n) is 4.35. The lowest BCUT2D eigenvalue weighted by atomic mass is 9.84. The van der Waals surface area contributed by atoms with Crippen LogP contribution in [0.5, 0.6) is 5.75 Å². The summed E-state index contributed by atoms with van der Waals surface area (Å²) in [4.78, 5) is 0. The molecule has 2 heteroatoms. The SMILES string of the molecule is CCCC(C)C(CN)c1ccccc1OC. The number of ether oxygens (including phenoxy) is 1. The molecule has 0 saturated heterocycles. The lowest BCUT2D eigenvalue weighted by molar-refractivity contribution is 0.381. The molecule has 0 radical (unpaired) electrons. The first-order chi connectivity index (χ1) is 7.74. The van der Waals surface area contributed by atoms with Gasteiger partial charge < -0.3 is 10.5 Å². The lowest BCUT2D eigenvalue weighted by Crippen LogP contribution is -2.20. The van der Waals surface area contributed by atoms with Crippen LogP contribution in [0.3, 0.4) is 0 Å². The van der Waals surface area contributed by atoms with Crippen molar-refractivity contribution in [1.29, 1.82) is 0 Å². The summed E-state index contributed by atoms with van der Waals surface area (Å²) in [5, 5.41) is 0. The van der Waals surface area contributed by atoms with E-state index in [9.17, 15) is 0 Å². The van der Waals surface area contributed by atoms with Gasteiger partial charge in [-0.15, -0.1) is 0 Å². The van der Waals surface area contributed by atoms with Gasteiger partial charge in [0.05, 0.1) is 7.11 Å². The van der Waals surface area contributed by atoms with E-state index < -0.39 is 0 Å². The van der Waals surface area contributed by atoms with Gasteiger partial charge in [-0.3, -0.25) is 0 Å². The van der Waals surface area contributed by atoms with Gasteiger partial charge in [0.1, 0.15) is 5.75 Å². The molecule has 2 atom stereocenters. The van der Waals surface area contributed by atoms with Crippen LogP contribution in [0.15, 0.2) is 24.3 Å². The Morgan fingerprint density at radius 3 is 2.56 bits per heavy atom. The van der Waals surface area contributed by atoms with Crippen LogP contribution in [0, 0.1) is 5.92 Å². The molecule has 16 heavy (non-hydrogen) atoms. The van der Waals surface area contributed by atoms with Crippen LogP contribution in [0.1, 0.15) is 38.2 Å². The van der Waals surface area contributed by atoms with Crippen LogP contribution in [0.4, 0.5) is 0 Å². The zero-order valence-corrected chi connectivity index (χ0v) is 10.6. The number of methoxy groups -OCH3 is 1. The Balaban J connectivity index is 2.93. The van der Waals surface area contributed by atoms with Crippen LogP contribution in [0.2, 0.25) is 0 Å². The number of hydrogen-bond donors (Lipinski definition) is 1. The maximum atomic E-state index is 5.90. The molecule has 0 aliphatic heterocycles. The summed E-state index contributed by atoms with van der Waals surface area (Å²) in [6.45, 7) is 5.17. The van der Waals surface area contributed by atoms with Gasteiger partial charge in [-0.05, 0) is 24.1 Å². The molecule has 0 fully saturated rings. The zero-order valence-electron chi connectivity index (χ0n) is 10.6. The van der Waals surface area contributed by atoms with Crippen LogP contribution < -0.4 is 10.5 Å². The highest BCUT2D eigenvalue weighted by molar-refractivity contribution is 5.36. The summed E-state index contributed by atoms with van der Waals surface area (Å²) in [6, 6.07) is 8.19. The van der Waals surface area contributed by atoms with Crippen molar-refractivity contribution < 1.29 is 4.74 Å². The molecular weight excluding hydrogens is 198 g/mol. The van der Waals surface area contributed by atoms with Crippen molar-refractivity contribution in [2.75, 3.05) is 13.7 Å². The smallest absolute Gasteiger partial charge is 0.122 e. The van der Waals surface area contributed by atoms with Crippen molar-refractivity contribution in [3.05, 3.63) is 29.8 Å². The average Bonchev–Trinajstić information content (AvgIpc) is 2.31. The summed E-state index contributed by atoms with van der Waals surface area (Å²) in [6.07, 6.45) is 2.41. The summed E-state index contributed by atoms with van der Waals surface area (Å²) in [5.74, 6) is 1.96. The topological polar surface area (TPSA) is 35.2 Å². The number of hydrogen-bond acceptors (Lipinski definition) is 2. The first-order valence-corrected chi connectivity index (χ1v) is 6.07. The van der Waals surface area contributed by atoms with E-state index in [-0.39, 0.29) is 0 Å². The van der Waals surface area contributed by atoms with E-state index >= 15 is 0 Å². The van der Waals surface area contributed by atoms with Gasteiger partial charge in [-0.1, -0.05) is 44.9 Å². The molecule has 2 unspecified atom stereocenters. The second-order valence-corrected chi connectivity index (χ2v) is 4.35. The molecule has 2 N–H and O–H groups in total. The predicted molar refractivity (Wildman–Crippen MR) is 68.9 cm³/mol. The molecule has 90 valence electrons. The van der Waals surface area contributed by atoms with Crippen LogP contribution in [-0.2, 0) is 0 Å². The first kappa shape index (κ1) is 13.0. The number of nitrogens with two attached hydrogens (primary N) is 1. The predicted octanol–water partition coefficient (Wildman–Crippen LogP) is 3.17. The minimum absolute atomic E-state index is 0.399. The molecule has 1 aromatic carbocycles. The van der Waals surface area contributed by atoms with E-state index in [1.165, 1.54) is 18.4 Å². The molecule has 2 nitrogen and oxygen atoms in total. The first-order valence-electron chi connectivity index (χ1n) is 6.07. The molecule has 0 bridgehead atoms. The van der Waals surface area contributed by atoms with Gasteiger partial charge in [0.2, 0.25) is 0 Å². The lowest BCUT2D eigenvalue weighted by Gasteiger charge is -2.24. The minimum atomic E-state index is 0.399. The Labute approximate surface area is 98.8 Å². The quantitative estimate of drug-likeness (QED) is 0.800. The normalized spacial score (nSPS) is 14.5. The summed E-state index contributed by atoms with van der Waals surface area (Å²) >= 11 is 0. The molecule has 0 heterocycles. The molecule has 0 saturated carbocycles. The molecular formula is C14H23NO. The van der Waals surface area contributed by atoms with Crippen LogP contribution >= 0.6 is 0 Å². The van der Waals surface area contributed by atoms with Crippen molar-refractivity contribution in [2.45, 2.75) is 32.6 Å². The van der Waals surface area contributed by atoms with Gasteiger partial charge in [0.15, 0.2) is 0 Å². The average molecular weight is 221 g/mol. The Morgan fingerprint density at radius 2 is 2.00 bits per heavy atom. The van der Waals surface area contributed by atoms with Crippen molar-refractivity contribution in [3.8, 4) is 5.75 Å². The van der Waals surface area contributed by atoms with E-state index in [4.69, 9.17) is 10.5 Å². The maximum absolute atomic E-state index is 5.90. The molecule has 1 aromatic rings. The second kappa shape index (κ2) is 6.54. The van der Waals surface area contributed by atoms with Crippen molar-refractivity contribution in [2.24, 2.45) is 11.7 Å². The van der Waals surface area contributed by atoms with Gasteiger partial charge in [-0.2, -0.15) is 0 Å². The summed E-state index contributed by atoms with van der Waals surface area (Å²) in [5.41, 5.74) is 7.15. The fourth-order valence-electron chi connectivity index (χ4n) is 2.30. The molecule has 0 aromatic heterocycles. The molecule has 0 aliphatic rings. The highest BCUT2D eigenvalue weighted by Gasteiger charge is 2.20. The monoisotopic (exact) mass is 221 g/mol. The third kappa shape index (κ3) is 2.99. The van der Waals surface area contributed by atoms with Gasteiger partial charge in [0, 0.05) is 5.92 Å². The van der Waals surface area contributed by atoms with E-state index in [0.29, 0.717) is 18.4 Å². The zero-order chi connectivity index (χ0) is 12.0. The van der Waals surface area contributed by atoms with Gasteiger partial charge >= 0.3 is 0 Å². The molecule has 1 rings (SSSR count). The van der Waals surface area contributed by atoms with E-state index in [0.717, 1.165) is 5.75 Å². The Hall–Kier alpha value is -1.02. The summed E-state index contributed by atoms with van der Waals surface area (Å²) < 4.78 is 5.40. The highest BCUT2D eigenvalue weighted by atomic mass is 16.5. The molecule has 0 amide bonds. The maximum Gasteiger partial charge on any atom is 0.122 e. The van der Waals surface area contributed by atoms with Gasteiger partial charge in [-0.25, -0.2) is 0 Å². The van der Waals surface area contributed by atoms with Crippen molar-refractivity contribution >= 4 is 0 Å². The van der Waals surface area contributed by atoms with E-state index in [1.807, 2.05) is 12.1 Å². The van der Waals surface area contributed by atoms with E-state index in [1.54, 1.807) is 7.11 Å². The van der Waals surface area contributed by atoms with Crippen LogP contribution in [0.25, 0.3) is 0 Å². The largest absolute Gasteiger partial charge is 0.496 e. The highest BCUT2D eigenvalue weighted by Crippen LogP contribution is 2.32. The minimum Gasteiger partial charge on any atom is -0.496 e. The third-order valence-corrected chi connectivity index (χ3v) is 3.22. The fourth-order valence-corrected chi connectivity index (χ4v) is 2.30. The standard InChI is InChI=1S/C14H23NO/c1-4-7-11(2)13(10-15)12-8-5-6-9-14(12)16-3/h5-6,8-9,11,13H,4,7,10,15H2,1-3H3. The Morgan fingerprint density at radius 1 is 1.31 bits per heavy atom. The summed E-state index contributed by atoms with van der Waals surface area (Å²) in [7, 11) is 1.72. The number of para-hydroxylation sites is 1. The Kier molecular flexibility index (Phi) is 5.33. The molecule has 0 aliphatic carbocycles. The van der Waals surface area contributed by atoms with Crippen molar-refractivity contribution in [1.82, 2.24) is 0 Å². The fraction of sp³-hybridized carbons (Fsp3) is 0.571. The number of benzene rings is 1. The van der Waals surface area contributed by atoms with Gasteiger partial charge in [0.25, 0.3) is 0 Å².